The highest BCUT2D eigenvalue weighted by atomic mass is 16.6. The molecule has 0 atom stereocenters. The molecule has 3 heterocycles. The number of rotatable bonds is 5. The van der Waals surface area contributed by atoms with Crippen molar-refractivity contribution in [1.29, 1.82) is 0 Å². The fourth-order valence-corrected chi connectivity index (χ4v) is 3.17. The van der Waals surface area contributed by atoms with Gasteiger partial charge in [0.2, 0.25) is 5.91 Å². The van der Waals surface area contributed by atoms with Gasteiger partial charge in [0.1, 0.15) is 5.60 Å². The van der Waals surface area contributed by atoms with E-state index in [1.54, 1.807) is 43.8 Å². The predicted molar refractivity (Wildman–Crippen MR) is 114 cm³/mol. The molecule has 1 N–H and O–H groups in total. The van der Waals surface area contributed by atoms with Gasteiger partial charge in [-0.05, 0) is 58.7 Å². The zero-order valence-corrected chi connectivity index (χ0v) is 18.1. The summed E-state index contributed by atoms with van der Waals surface area (Å²) in [6, 6.07) is 9.19. The maximum Gasteiger partial charge on any atom is 0.435 e. The van der Waals surface area contributed by atoms with Crippen LogP contribution in [0.15, 0.2) is 36.5 Å². The Bertz CT molecular complexity index is 1120. The number of pyridine rings is 1. The number of aromatic nitrogens is 5. The minimum Gasteiger partial charge on any atom is -0.442 e. The maximum atomic E-state index is 12.5. The topological polar surface area (TPSA) is 104 Å². The van der Waals surface area contributed by atoms with Gasteiger partial charge in [-0.25, -0.2) is 14.5 Å². The molecule has 0 unspecified atom stereocenters. The minimum absolute atomic E-state index is 0.0802. The average Bonchev–Trinajstić information content (AvgIpc) is 3.27. The van der Waals surface area contributed by atoms with E-state index < -0.39 is 11.7 Å². The smallest absolute Gasteiger partial charge is 0.435 e. The first-order valence-electron chi connectivity index (χ1n) is 10.3. The molecule has 3 aromatic rings. The molecular formula is C22H26N6O3. The largest absolute Gasteiger partial charge is 0.442 e. The number of carbonyl (C=O) groups is 2. The van der Waals surface area contributed by atoms with Crippen LogP contribution in [0.3, 0.4) is 0 Å². The van der Waals surface area contributed by atoms with Crippen LogP contribution in [-0.2, 0) is 16.0 Å². The number of amides is 1. The van der Waals surface area contributed by atoms with Crippen LogP contribution < -0.4 is 5.32 Å². The van der Waals surface area contributed by atoms with Crippen LogP contribution in [-0.4, -0.2) is 42.1 Å². The summed E-state index contributed by atoms with van der Waals surface area (Å²) >= 11 is 0. The molecule has 31 heavy (non-hydrogen) atoms. The number of nitrogens with one attached hydrogen (secondary N) is 1. The SMILES string of the molecule is Cc1cccc(-n2ccc(CC(=O)Nc3cc(C4CC4)n(C(=O)OC(C)(C)C)n3)n2)n1. The molecule has 3 aromatic heterocycles. The zero-order chi connectivity index (χ0) is 22.2. The molecule has 162 valence electrons. The summed E-state index contributed by atoms with van der Waals surface area (Å²) in [5.74, 6) is 1.02. The number of nitrogens with zero attached hydrogens (tertiary/aromatic N) is 5. The first-order valence-corrected chi connectivity index (χ1v) is 10.3. The van der Waals surface area contributed by atoms with Crippen LogP contribution in [0.5, 0.6) is 0 Å². The van der Waals surface area contributed by atoms with Gasteiger partial charge in [0.15, 0.2) is 11.6 Å². The molecule has 1 amide bonds. The third kappa shape index (κ3) is 5.17. The highest BCUT2D eigenvalue weighted by Crippen LogP contribution is 2.41. The second-order valence-corrected chi connectivity index (χ2v) is 8.73. The van der Waals surface area contributed by atoms with E-state index in [0.29, 0.717) is 17.3 Å². The van der Waals surface area contributed by atoms with Crippen molar-refractivity contribution in [2.75, 3.05) is 5.32 Å². The maximum absolute atomic E-state index is 12.5. The fourth-order valence-electron chi connectivity index (χ4n) is 3.17. The summed E-state index contributed by atoms with van der Waals surface area (Å²) in [4.78, 5) is 29.5. The van der Waals surface area contributed by atoms with Crippen molar-refractivity contribution >= 4 is 17.8 Å². The van der Waals surface area contributed by atoms with Crippen molar-refractivity contribution in [1.82, 2.24) is 24.5 Å². The van der Waals surface area contributed by atoms with Gasteiger partial charge in [0, 0.05) is 23.9 Å². The molecule has 1 aliphatic rings. The quantitative estimate of drug-likeness (QED) is 0.674. The predicted octanol–water partition coefficient (Wildman–Crippen LogP) is 3.61. The molecule has 0 aromatic carbocycles. The Morgan fingerprint density at radius 3 is 2.65 bits per heavy atom. The van der Waals surface area contributed by atoms with E-state index in [-0.39, 0.29) is 18.2 Å². The van der Waals surface area contributed by atoms with Crippen LogP contribution in [0.4, 0.5) is 10.6 Å². The molecule has 1 fully saturated rings. The Labute approximate surface area is 180 Å². The van der Waals surface area contributed by atoms with Crippen molar-refractivity contribution in [2.24, 2.45) is 0 Å². The lowest BCUT2D eigenvalue weighted by molar-refractivity contribution is -0.115. The molecular weight excluding hydrogens is 396 g/mol. The van der Waals surface area contributed by atoms with E-state index in [1.807, 2.05) is 25.1 Å². The number of aryl methyl sites for hydroxylation is 1. The van der Waals surface area contributed by atoms with E-state index in [1.165, 1.54) is 4.68 Å². The summed E-state index contributed by atoms with van der Waals surface area (Å²) in [5, 5.41) is 11.5. The molecule has 9 nitrogen and oxygen atoms in total. The fraction of sp³-hybridized carbons (Fsp3) is 0.409. The lowest BCUT2D eigenvalue weighted by Crippen LogP contribution is -2.28. The summed E-state index contributed by atoms with van der Waals surface area (Å²) < 4.78 is 8.34. The van der Waals surface area contributed by atoms with Crippen molar-refractivity contribution in [3.8, 4) is 5.82 Å². The standard InChI is InChI=1S/C22H26N6O3/c1-14-6-5-7-19(23-14)27-11-10-16(25-27)12-20(29)24-18-13-17(15-8-9-15)28(26-18)21(30)31-22(2,3)4/h5-7,10-11,13,15H,8-9,12H2,1-4H3,(H,24,26,29). The minimum atomic E-state index is -0.627. The Hall–Kier alpha value is -3.49. The summed E-state index contributed by atoms with van der Waals surface area (Å²) in [6.07, 6.45) is 3.29. The normalized spacial score (nSPS) is 13.8. The van der Waals surface area contributed by atoms with Gasteiger partial charge in [-0.3, -0.25) is 4.79 Å². The van der Waals surface area contributed by atoms with Gasteiger partial charge in [-0.15, -0.1) is 5.10 Å². The number of ether oxygens (including phenoxy) is 1. The highest BCUT2D eigenvalue weighted by Gasteiger charge is 2.32. The van der Waals surface area contributed by atoms with Crippen LogP contribution in [0.25, 0.3) is 5.82 Å². The molecule has 0 saturated heterocycles. The Morgan fingerprint density at radius 1 is 1.19 bits per heavy atom. The van der Waals surface area contributed by atoms with E-state index >= 15 is 0 Å². The molecule has 4 rings (SSSR count). The van der Waals surface area contributed by atoms with Gasteiger partial charge < -0.3 is 10.1 Å². The highest BCUT2D eigenvalue weighted by molar-refractivity contribution is 5.91. The molecule has 0 spiro atoms. The van der Waals surface area contributed by atoms with Gasteiger partial charge in [-0.2, -0.15) is 9.78 Å². The number of hydrogen-bond acceptors (Lipinski definition) is 6. The Morgan fingerprint density at radius 2 is 1.97 bits per heavy atom. The van der Waals surface area contributed by atoms with Crippen LogP contribution in [0, 0.1) is 6.92 Å². The summed E-state index contributed by atoms with van der Waals surface area (Å²) in [7, 11) is 0. The third-order valence-electron chi connectivity index (χ3n) is 4.66. The van der Waals surface area contributed by atoms with Crippen molar-refractivity contribution in [3.63, 3.8) is 0 Å². The number of carbonyl (C=O) groups excluding carboxylic acids is 2. The first-order chi connectivity index (χ1) is 14.7. The van der Waals surface area contributed by atoms with Crippen LogP contribution in [0.2, 0.25) is 0 Å². The lowest BCUT2D eigenvalue weighted by atomic mass is 10.2. The molecule has 0 radical (unpaired) electrons. The third-order valence-corrected chi connectivity index (χ3v) is 4.66. The summed E-state index contributed by atoms with van der Waals surface area (Å²) in [5.41, 5.74) is 1.63. The molecule has 9 heteroatoms. The Balaban J connectivity index is 1.44. The van der Waals surface area contributed by atoms with Crippen molar-refractivity contribution in [2.45, 2.75) is 58.5 Å². The first kappa shape index (κ1) is 20.8. The second kappa shape index (κ2) is 7.98. The van der Waals surface area contributed by atoms with Gasteiger partial charge in [-0.1, -0.05) is 6.07 Å². The molecule has 1 saturated carbocycles. The van der Waals surface area contributed by atoms with Crippen molar-refractivity contribution in [3.05, 3.63) is 53.6 Å². The van der Waals surface area contributed by atoms with Gasteiger partial charge in [0.25, 0.3) is 0 Å². The molecule has 0 bridgehead atoms. The summed E-state index contributed by atoms with van der Waals surface area (Å²) in [6.45, 7) is 7.32. The van der Waals surface area contributed by atoms with Crippen LogP contribution in [0.1, 0.15) is 56.6 Å². The molecule has 0 aliphatic heterocycles. The lowest BCUT2D eigenvalue weighted by Gasteiger charge is -2.19. The number of anilines is 1. The van der Waals surface area contributed by atoms with Gasteiger partial charge >= 0.3 is 6.09 Å². The average molecular weight is 422 g/mol. The second-order valence-electron chi connectivity index (χ2n) is 8.73. The van der Waals surface area contributed by atoms with E-state index in [9.17, 15) is 9.59 Å². The Kier molecular flexibility index (Phi) is 5.34. The van der Waals surface area contributed by atoms with E-state index in [4.69, 9.17) is 4.74 Å². The monoisotopic (exact) mass is 422 g/mol. The molecule has 1 aliphatic carbocycles. The van der Waals surface area contributed by atoms with Crippen LogP contribution >= 0.6 is 0 Å². The van der Waals surface area contributed by atoms with E-state index in [0.717, 1.165) is 24.2 Å². The van der Waals surface area contributed by atoms with Gasteiger partial charge in [0.05, 0.1) is 17.8 Å². The van der Waals surface area contributed by atoms with E-state index in [2.05, 4.69) is 20.5 Å². The zero-order valence-electron chi connectivity index (χ0n) is 18.1. The van der Waals surface area contributed by atoms with Crippen molar-refractivity contribution < 1.29 is 14.3 Å². The number of hydrogen-bond donors (Lipinski definition) is 1.